The summed E-state index contributed by atoms with van der Waals surface area (Å²) >= 11 is 0. The van der Waals surface area contributed by atoms with Gasteiger partial charge in [-0.25, -0.2) is 18.4 Å². The monoisotopic (exact) mass is 581 g/mol. The molecule has 1 saturated heterocycles. The molecule has 1 saturated carbocycles. The maximum absolute atomic E-state index is 14.9. The largest absolute Gasteiger partial charge is 0.436 e. The Morgan fingerprint density at radius 1 is 1.24 bits per heavy atom. The highest BCUT2D eigenvalue weighted by atomic mass is 19.4. The van der Waals surface area contributed by atoms with E-state index in [0.29, 0.717) is 4.90 Å². The van der Waals surface area contributed by atoms with E-state index in [9.17, 15) is 41.1 Å². The van der Waals surface area contributed by atoms with E-state index in [2.05, 4.69) is 10.6 Å². The van der Waals surface area contributed by atoms with E-state index in [0.717, 1.165) is 30.0 Å². The molecular weight excluding hydrogens is 557 g/mol. The first kappa shape index (κ1) is 29.5. The van der Waals surface area contributed by atoms with Crippen molar-refractivity contribution >= 4 is 23.8 Å². The van der Waals surface area contributed by atoms with Gasteiger partial charge in [-0.3, -0.25) is 14.5 Å². The highest BCUT2D eigenvalue weighted by molar-refractivity contribution is 6.04. The SMILES string of the molecule is CC(N(Cc1ccc(F)cc1)C(=O)CN1CC2(CCC3C(=O)C(NC(=O)NCC#N)=C(F)C=C32)OC1=O)C(F)(F)F. The Morgan fingerprint density at radius 3 is 2.56 bits per heavy atom. The molecule has 15 heteroatoms. The van der Waals surface area contributed by atoms with E-state index in [-0.39, 0.29) is 37.1 Å². The number of carbonyl (C=O) groups is 4. The molecular formula is C26H24F5N5O5. The highest BCUT2D eigenvalue weighted by Crippen LogP contribution is 2.49. The molecule has 218 valence electrons. The average Bonchev–Trinajstić information content (AvgIpc) is 3.41. The number of amides is 4. The molecule has 2 N–H and O–H groups in total. The lowest BCUT2D eigenvalue weighted by molar-refractivity contribution is -0.187. The molecule has 2 aliphatic carbocycles. The topological polar surface area (TPSA) is 132 Å². The Balaban J connectivity index is 1.53. The number of ether oxygens (including phenoxy) is 1. The normalized spacial score (nSPS) is 22.6. The van der Waals surface area contributed by atoms with Gasteiger partial charge in [-0.05, 0) is 49.1 Å². The van der Waals surface area contributed by atoms with Crippen molar-refractivity contribution in [2.45, 2.75) is 44.1 Å². The van der Waals surface area contributed by atoms with E-state index in [1.54, 1.807) is 6.07 Å². The molecule has 3 aliphatic rings. The minimum Gasteiger partial charge on any atom is -0.436 e. The van der Waals surface area contributed by atoms with Gasteiger partial charge in [0.25, 0.3) is 0 Å². The molecule has 3 unspecified atom stereocenters. The Labute approximate surface area is 230 Å². The fourth-order valence-electron chi connectivity index (χ4n) is 5.09. The van der Waals surface area contributed by atoms with Crippen molar-refractivity contribution in [1.29, 1.82) is 5.26 Å². The summed E-state index contributed by atoms with van der Waals surface area (Å²) in [6.07, 6.45) is -4.69. The van der Waals surface area contributed by atoms with E-state index in [1.165, 1.54) is 12.1 Å². The highest BCUT2D eigenvalue weighted by Gasteiger charge is 2.57. The van der Waals surface area contributed by atoms with Gasteiger partial charge in [0.1, 0.15) is 30.6 Å². The van der Waals surface area contributed by atoms with Crippen LogP contribution in [0.4, 0.5) is 31.5 Å². The van der Waals surface area contributed by atoms with Crippen LogP contribution in [0, 0.1) is 23.1 Å². The summed E-state index contributed by atoms with van der Waals surface area (Å²) < 4.78 is 74.5. The van der Waals surface area contributed by atoms with Crippen LogP contribution in [0.2, 0.25) is 0 Å². The lowest BCUT2D eigenvalue weighted by Crippen LogP contribution is -2.50. The molecule has 0 radical (unpaired) electrons. The number of urea groups is 1. The van der Waals surface area contributed by atoms with Gasteiger partial charge in [0.15, 0.2) is 17.2 Å². The van der Waals surface area contributed by atoms with Crippen LogP contribution in [0.1, 0.15) is 25.3 Å². The lowest BCUT2D eigenvalue weighted by Gasteiger charge is -2.32. The quantitative estimate of drug-likeness (QED) is 0.376. The van der Waals surface area contributed by atoms with E-state index < -0.39 is 78.0 Å². The van der Waals surface area contributed by atoms with Crippen molar-refractivity contribution in [3.05, 3.63) is 58.8 Å². The number of rotatable bonds is 7. The number of nitrogens with zero attached hydrogens (tertiary/aromatic N) is 3. The number of carbonyl (C=O) groups excluding carboxylic acids is 4. The molecule has 0 aromatic heterocycles. The molecule has 41 heavy (non-hydrogen) atoms. The number of hydrogen-bond acceptors (Lipinski definition) is 6. The van der Waals surface area contributed by atoms with Gasteiger partial charge in [0, 0.05) is 12.5 Å². The maximum atomic E-state index is 14.9. The van der Waals surface area contributed by atoms with Gasteiger partial charge in [0.2, 0.25) is 5.91 Å². The van der Waals surface area contributed by atoms with Crippen molar-refractivity contribution in [2.24, 2.45) is 5.92 Å². The number of benzene rings is 1. The second-order valence-corrected chi connectivity index (χ2v) is 9.83. The molecule has 10 nitrogen and oxygen atoms in total. The summed E-state index contributed by atoms with van der Waals surface area (Å²) in [6, 6.07) is 3.01. The van der Waals surface area contributed by atoms with Gasteiger partial charge in [-0.2, -0.15) is 18.4 Å². The molecule has 4 amide bonds. The Kier molecular flexibility index (Phi) is 8.05. The predicted octanol–water partition coefficient (Wildman–Crippen LogP) is 3.22. The van der Waals surface area contributed by atoms with Gasteiger partial charge in [-0.15, -0.1) is 0 Å². The van der Waals surface area contributed by atoms with E-state index >= 15 is 0 Å². The zero-order valence-corrected chi connectivity index (χ0v) is 21.6. The molecule has 1 spiro atoms. The van der Waals surface area contributed by atoms with Crippen LogP contribution in [0.3, 0.4) is 0 Å². The first-order chi connectivity index (χ1) is 19.3. The van der Waals surface area contributed by atoms with Crippen molar-refractivity contribution in [3.63, 3.8) is 0 Å². The smallest absolute Gasteiger partial charge is 0.411 e. The zero-order chi connectivity index (χ0) is 30.1. The molecule has 4 rings (SSSR count). The number of ketones is 1. The van der Waals surface area contributed by atoms with Crippen LogP contribution in [0.5, 0.6) is 0 Å². The van der Waals surface area contributed by atoms with Crippen LogP contribution in [0.15, 0.2) is 47.4 Å². The minimum absolute atomic E-state index is 0.0606. The van der Waals surface area contributed by atoms with Crippen LogP contribution in [0.25, 0.3) is 0 Å². The standard InChI is InChI=1S/C26H24F5N5O5/c1-14(26(29,30)31)36(11-15-2-4-16(27)5-3-15)20(37)12-35-13-25(41-24(35)40)7-6-17-18(25)10-19(28)21(22(17)38)34-23(39)33-9-8-32/h2-5,10,14,17H,6-7,9,11-13H2,1H3,(H2,33,34,39). The third-order valence-corrected chi connectivity index (χ3v) is 7.23. The first-order valence-electron chi connectivity index (χ1n) is 12.4. The lowest BCUT2D eigenvalue weighted by atomic mass is 9.85. The fraction of sp³-hybridized carbons (Fsp3) is 0.423. The molecule has 1 aromatic rings. The van der Waals surface area contributed by atoms with E-state index in [1.807, 2.05) is 0 Å². The summed E-state index contributed by atoms with van der Waals surface area (Å²) in [5.74, 6) is -4.51. The van der Waals surface area contributed by atoms with Crippen LogP contribution in [-0.2, 0) is 20.9 Å². The molecule has 1 aliphatic heterocycles. The number of halogens is 5. The van der Waals surface area contributed by atoms with Crippen molar-refractivity contribution < 1.29 is 45.9 Å². The Hall–Kier alpha value is -4.48. The van der Waals surface area contributed by atoms with Gasteiger partial charge < -0.3 is 20.3 Å². The summed E-state index contributed by atoms with van der Waals surface area (Å²) in [6.45, 7) is -1.22. The summed E-state index contributed by atoms with van der Waals surface area (Å²) in [4.78, 5) is 52.1. The zero-order valence-electron chi connectivity index (χ0n) is 21.6. The molecule has 1 aromatic carbocycles. The Morgan fingerprint density at radius 2 is 1.93 bits per heavy atom. The number of allylic oxidation sites excluding steroid dienone is 3. The Bertz CT molecular complexity index is 1370. The number of nitriles is 1. The van der Waals surface area contributed by atoms with E-state index in [4.69, 9.17) is 10.00 Å². The number of fused-ring (bicyclic) bond motifs is 2. The third kappa shape index (κ3) is 6.01. The number of nitrogens with one attached hydrogen (secondary N) is 2. The van der Waals surface area contributed by atoms with Gasteiger partial charge >= 0.3 is 18.3 Å². The average molecular weight is 581 g/mol. The van der Waals surface area contributed by atoms with Crippen LogP contribution in [-0.4, -0.2) is 71.1 Å². The molecule has 2 fully saturated rings. The second kappa shape index (κ2) is 11.2. The van der Waals surface area contributed by atoms with Crippen LogP contribution >= 0.6 is 0 Å². The van der Waals surface area contributed by atoms with Gasteiger partial charge in [-0.1, -0.05) is 12.1 Å². The number of Topliss-reactive ketones (excluding diaryl/α,β-unsaturated/α-hetero) is 1. The second-order valence-electron chi connectivity index (χ2n) is 9.83. The third-order valence-electron chi connectivity index (χ3n) is 7.23. The number of alkyl halides is 3. The predicted molar refractivity (Wildman–Crippen MR) is 129 cm³/mol. The molecule has 0 bridgehead atoms. The van der Waals surface area contributed by atoms with Crippen LogP contribution < -0.4 is 10.6 Å². The maximum Gasteiger partial charge on any atom is 0.411 e. The first-order valence-corrected chi connectivity index (χ1v) is 12.4. The van der Waals surface area contributed by atoms with Crippen molar-refractivity contribution in [2.75, 3.05) is 19.6 Å². The summed E-state index contributed by atoms with van der Waals surface area (Å²) in [7, 11) is 0. The molecule has 3 atom stereocenters. The summed E-state index contributed by atoms with van der Waals surface area (Å²) in [5, 5.41) is 12.7. The van der Waals surface area contributed by atoms with Crippen molar-refractivity contribution in [3.8, 4) is 6.07 Å². The van der Waals surface area contributed by atoms with Crippen molar-refractivity contribution in [1.82, 2.24) is 20.4 Å². The minimum atomic E-state index is -4.80. The number of hydrogen-bond donors (Lipinski definition) is 2. The fourth-order valence-corrected chi connectivity index (χ4v) is 5.09. The summed E-state index contributed by atoms with van der Waals surface area (Å²) in [5.41, 5.74) is -1.78. The van der Waals surface area contributed by atoms with Gasteiger partial charge in [0.05, 0.1) is 12.6 Å². The molecule has 1 heterocycles.